The van der Waals surface area contributed by atoms with Crippen molar-refractivity contribution < 1.29 is 27.5 Å². The molecule has 0 bridgehead atoms. The Kier molecular flexibility index (Phi) is 5.50. The molecule has 1 fully saturated rings. The molecule has 2 amide bonds. The predicted molar refractivity (Wildman–Crippen MR) is 110 cm³/mol. The summed E-state index contributed by atoms with van der Waals surface area (Å²) in [4.78, 5) is 26.8. The first kappa shape index (κ1) is 21.4. The number of carbonyl (C=O) groups is 2. The second kappa shape index (κ2) is 7.99. The molecule has 0 spiro atoms. The van der Waals surface area contributed by atoms with Crippen molar-refractivity contribution in [3.05, 3.63) is 64.6 Å². The SMILES string of the molecule is C[C@@H]1C(C(F)(F)F)=NN(c2ccc(Br)cc2)C1C(=O)N1C(=O)OC[C@@H]1c1ccccc1. The van der Waals surface area contributed by atoms with Gasteiger partial charge in [-0.05, 0) is 29.8 Å². The van der Waals surface area contributed by atoms with Crippen molar-refractivity contribution in [1.82, 2.24) is 4.90 Å². The van der Waals surface area contributed by atoms with Gasteiger partial charge in [0.05, 0.1) is 5.69 Å². The minimum atomic E-state index is -4.72. The molecule has 6 nitrogen and oxygen atoms in total. The van der Waals surface area contributed by atoms with E-state index >= 15 is 0 Å². The van der Waals surface area contributed by atoms with E-state index in [9.17, 15) is 22.8 Å². The van der Waals surface area contributed by atoms with Crippen LogP contribution in [0, 0.1) is 5.92 Å². The molecule has 0 N–H and O–H groups in total. The van der Waals surface area contributed by atoms with Crippen LogP contribution in [0.25, 0.3) is 0 Å². The molecule has 2 aromatic carbocycles. The summed E-state index contributed by atoms with van der Waals surface area (Å²) in [5, 5.41) is 4.78. The third-order valence-electron chi connectivity index (χ3n) is 5.31. The highest BCUT2D eigenvalue weighted by atomic mass is 79.9. The quantitative estimate of drug-likeness (QED) is 0.606. The number of hydrazone groups is 1. The van der Waals surface area contributed by atoms with E-state index in [0.29, 0.717) is 11.3 Å². The van der Waals surface area contributed by atoms with Gasteiger partial charge in [0.2, 0.25) is 0 Å². The fourth-order valence-electron chi connectivity index (χ4n) is 3.80. The normalized spacial score (nSPS) is 23.7. The van der Waals surface area contributed by atoms with Gasteiger partial charge < -0.3 is 4.74 Å². The average Bonchev–Trinajstić information content (AvgIpc) is 3.29. The van der Waals surface area contributed by atoms with E-state index < -0.39 is 41.9 Å². The van der Waals surface area contributed by atoms with Gasteiger partial charge in [0.1, 0.15) is 24.4 Å². The van der Waals surface area contributed by atoms with Crippen LogP contribution in [0.2, 0.25) is 0 Å². The van der Waals surface area contributed by atoms with Crippen LogP contribution in [0.5, 0.6) is 0 Å². The number of imide groups is 1. The van der Waals surface area contributed by atoms with E-state index in [0.717, 1.165) is 14.4 Å². The Morgan fingerprint density at radius 1 is 1.13 bits per heavy atom. The number of carbonyl (C=O) groups excluding carboxylic acids is 2. The minimum Gasteiger partial charge on any atom is -0.446 e. The topological polar surface area (TPSA) is 62.2 Å². The lowest BCUT2D eigenvalue weighted by Crippen LogP contribution is -2.50. The number of halogens is 4. The smallest absolute Gasteiger partial charge is 0.431 e. The van der Waals surface area contributed by atoms with Gasteiger partial charge in [0.25, 0.3) is 5.91 Å². The Hall–Kier alpha value is -2.88. The van der Waals surface area contributed by atoms with Crippen molar-refractivity contribution in [2.45, 2.75) is 25.2 Å². The van der Waals surface area contributed by atoms with E-state index in [-0.39, 0.29) is 6.61 Å². The molecule has 2 aliphatic heterocycles. The predicted octanol–water partition coefficient (Wildman–Crippen LogP) is 4.91. The molecule has 10 heteroatoms. The van der Waals surface area contributed by atoms with E-state index in [1.807, 2.05) is 0 Å². The zero-order valence-corrected chi connectivity index (χ0v) is 17.8. The number of alkyl halides is 3. The van der Waals surface area contributed by atoms with Gasteiger partial charge in [0, 0.05) is 10.4 Å². The summed E-state index contributed by atoms with van der Waals surface area (Å²) in [5.41, 5.74) is -0.117. The number of rotatable bonds is 3. The molecule has 2 aliphatic rings. The average molecular weight is 496 g/mol. The van der Waals surface area contributed by atoms with Gasteiger partial charge in [-0.2, -0.15) is 18.3 Å². The van der Waals surface area contributed by atoms with Crippen LogP contribution in [0.3, 0.4) is 0 Å². The molecule has 0 aliphatic carbocycles. The highest BCUT2D eigenvalue weighted by Crippen LogP contribution is 2.38. The van der Waals surface area contributed by atoms with Gasteiger partial charge in [-0.15, -0.1) is 0 Å². The Morgan fingerprint density at radius 2 is 1.77 bits per heavy atom. The molecule has 2 heterocycles. The summed E-state index contributed by atoms with van der Waals surface area (Å²) >= 11 is 3.28. The molecule has 4 rings (SSSR count). The Bertz CT molecular complexity index is 1030. The first-order valence-electron chi connectivity index (χ1n) is 9.43. The van der Waals surface area contributed by atoms with Crippen molar-refractivity contribution >= 4 is 39.3 Å². The molecule has 162 valence electrons. The number of anilines is 1. The van der Waals surface area contributed by atoms with Crippen molar-refractivity contribution in [2.75, 3.05) is 11.6 Å². The van der Waals surface area contributed by atoms with E-state index in [2.05, 4.69) is 21.0 Å². The first-order valence-corrected chi connectivity index (χ1v) is 10.2. The van der Waals surface area contributed by atoms with E-state index in [1.165, 1.54) is 6.92 Å². The Balaban J connectivity index is 1.73. The number of hydrogen-bond acceptors (Lipinski definition) is 5. The standard InChI is InChI=1S/C21H17BrF3N3O3/c1-12-17(19(29)27-16(11-31-20(27)30)13-5-3-2-4-6-13)28(26-18(12)21(23,24)25)15-9-7-14(22)8-10-15/h2-10,12,16-17H,11H2,1H3/t12-,16+,17?/m0/s1. The van der Waals surface area contributed by atoms with Crippen molar-refractivity contribution in [3.8, 4) is 0 Å². The molecule has 0 radical (unpaired) electrons. The van der Waals surface area contributed by atoms with Gasteiger partial charge in [-0.3, -0.25) is 9.80 Å². The third-order valence-corrected chi connectivity index (χ3v) is 5.84. The number of ether oxygens (including phenoxy) is 1. The Labute approximate surface area is 184 Å². The maximum absolute atomic E-state index is 13.6. The summed E-state index contributed by atoms with van der Waals surface area (Å²) in [6.45, 7) is 1.22. The molecular weight excluding hydrogens is 479 g/mol. The van der Waals surface area contributed by atoms with Crippen LogP contribution >= 0.6 is 15.9 Å². The maximum Gasteiger partial charge on any atom is 0.431 e. The number of hydrogen-bond donors (Lipinski definition) is 0. The van der Waals surface area contributed by atoms with Crippen LogP contribution in [0.4, 0.5) is 23.7 Å². The van der Waals surface area contributed by atoms with E-state index in [4.69, 9.17) is 4.74 Å². The van der Waals surface area contributed by atoms with Gasteiger partial charge in [0.15, 0.2) is 0 Å². The fraction of sp³-hybridized carbons (Fsp3) is 0.286. The van der Waals surface area contributed by atoms with Crippen LogP contribution in [-0.4, -0.2) is 41.4 Å². The third kappa shape index (κ3) is 3.91. The molecule has 1 unspecified atom stereocenters. The van der Waals surface area contributed by atoms with Gasteiger partial charge >= 0.3 is 12.3 Å². The first-order chi connectivity index (χ1) is 14.7. The minimum absolute atomic E-state index is 0.0685. The van der Waals surface area contributed by atoms with Crippen molar-refractivity contribution in [3.63, 3.8) is 0 Å². The second-order valence-corrected chi connectivity index (χ2v) is 8.16. The largest absolute Gasteiger partial charge is 0.446 e. The number of benzene rings is 2. The van der Waals surface area contributed by atoms with Crippen LogP contribution in [0.15, 0.2) is 64.2 Å². The highest BCUT2D eigenvalue weighted by Gasteiger charge is 2.54. The number of cyclic esters (lactones) is 1. The second-order valence-electron chi connectivity index (χ2n) is 7.25. The molecule has 2 aromatic rings. The summed E-state index contributed by atoms with van der Waals surface area (Å²) in [5.74, 6) is -2.09. The molecule has 1 saturated heterocycles. The zero-order valence-electron chi connectivity index (χ0n) is 16.2. The lowest BCUT2D eigenvalue weighted by Gasteiger charge is -2.30. The van der Waals surface area contributed by atoms with E-state index in [1.54, 1.807) is 54.6 Å². The number of amides is 2. The zero-order chi connectivity index (χ0) is 22.3. The lowest BCUT2D eigenvalue weighted by atomic mass is 9.95. The van der Waals surface area contributed by atoms with Crippen molar-refractivity contribution in [1.29, 1.82) is 0 Å². The van der Waals surface area contributed by atoms with Gasteiger partial charge in [-0.25, -0.2) is 9.69 Å². The lowest BCUT2D eigenvalue weighted by molar-refractivity contribution is -0.131. The van der Waals surface area contributed by atoms with Crippen LogP contribution in [0.1, 0.15) is 18.5 Å². The molecule has 0 aromatic heterocycles. The molecule has 0 saturated carbocycles. The molecule has 31 heavy (non-hydrogen) atoms. The molecule has 3 atom stereocenters. The molecular formula is C21H17BrF3N3O3. The van der Waals surface area contributed by atoms with Crippen molar-refractivity contribution in [2.24, 2.45) is 11.0 Å². The summed E-state index contributed by atoms with van der Waals surface area (Å²) < 4.78 is 46.6. The summed E-state index contributed by atoms with van der Waals surface area (Å²) in [7, 11) is 0. The van der Waals surface area contributed by atoms with Crippen LogP contribution in [-0.2, 0) is 9.53 Å². The maximum atomic E-state index is 13.6. The van der Waals surface area contributed by atoms with Crippen LogP contribution < -0.4 is 5.01 Å². The summed E-state index contributed by atoms with van der Waals surface area (Å²) in [6.07, 6.45) is -5.60. The summed E-state index contributed by atoms with van der Waals surface area (Å²) in [6, 6.07) is 13.0. The van der Waals surface area contributed by atoms with Gasteiger partial charge in [-0.1, -0.05) is 53.2 Å². The Morgan fingerprint density at radius 3 is 2.39 bits per heavy atom. The highest BCUT2D eigenvalue weighted by molar-refractivity contribution is 9.10. The monoisotopic (exact) mass is 495 g/mol. The fourth-order valence-corrected chi connectivity index (χ4v) is 4.07. The number of nitrogens with zero attached hydrogens (tertiary/aromatic N) is 3.